The highest BCUT2D eigenvalue weighted by Gasteiger charge is 2.52. The lowest BCUT2D eigenvalue weighted by Gasteiger charge is -2.56. The number of hydrogen-bond acceptors (Lipinski definition) is 4. The normalized spacial score (nSPS) is 34.6. The van der Waals surface area contributed by atoms with Gasteiger partial charge in [0.25, 0.3) is 5.91 Å². The minimum absolute atomic E-state index is 0.0673. The maximum atomic E-state index is 13.6. The molecule has 0 saturated heterocycles. The van der Waals surface area contributed by atoms with Crippen molar-refractivity contribution in [1.82, 2.24) is 9.97 Å². The van der Waals surface area contributed by atoms with Crippen LogP contribution >= 0.6 is 0 Å². The summed E-state index contributed by atoms with van der Waals surface area (Å²) in [5.74, 6) is 2.54. The summed E-state index contributed by atoms with van der Waals surface area (Å²) < 4.78 is 6.77. The Kier molecular flexibility index (Phi) is 5.59. The molecule has 0 aliphatic heterocycles. The van der Waals surface area contributed by atoms with E-state index >= 15 is 0 Å². The molecule has 200 valence electrons. The van der Waals surface area contributed by atoms with Gasteiger partial charge in [-0.05, 0) is 112 Å². The number of allylic oxidation sites excluding steroid dienone is 2. The van der Waals surface area contributed by atoms with Crippen LogP contribution in [0.1, 0.15) is 102 Å². The number of carbonyl (C=O) groups is 2. The molecule has 7 heteroatoms. The number of nitrogens with one attached hydrogen (secondary N) is 2. The molecular weight excluding hydrogens is 478 g/mol. The van der Waals surface area contributed by atoms with Gasteiger partial charge < -0.3 is 20.1 Å². The quantitative estimate of drug-likeness (QED) is 0.384. The second-order valence-electron chi connectivity index (χ2n) is 12.9. The van der Waals surface area contributed by atoms with Crippen molar-refractivity contribution >= 4 is 17.6 Å². The molecule has 9 rings (SSSR count). The number of aromatic amines is 1. The number of aromatic nitrogens is 2. The SMILES string of the molecule is Cc1ccc(NC(=O)c2nc(C34C=CC(CC3)CC4)[nH]c2COC23CC4CC(CC(C4)C2)C3)cc1C(=O)O. The lowest BCUT2D eigenvalue weighted by atomic mass is 9.54. The fourth-order valence-corrected chi connectivity index (χ4v) is 8.64. The molecule has 1 heterocycles. The number of fused-ring (bicyclic) bond motifs is 2. The number of aromatic carboxylic acids is 1. The standard InChI is InChI=1S/C31H37N3O4/c1-18-2-3-23(13-24(18)28(36)37)32-27(35)26-25(33-29(34-26)30-7-4-19(5-8-30)6-9-30)17-38-31-14-20-10-21(15-31)12-22(11-20)16-31/h2-4,7,13,19-22H,5-6,8-12,14-17H2,1H3,(H,32,35)(H,33,34)(H,36,37). The minimum Gasteiger partial charge on any atom is -0.478 e. The zero-order chi connectivity index (χ0) is 26.1. The summed E-state index contributed by atoms with van der Waals surface area (Å²) in [7, 11) is 0. The Morgan fingerprint density at radius 2 is 1.79 bits per heavy atom. The molecule has 0 atom stereocenters. The molecule has 1 amide bonds. The summed E-state index contributed by atoms with van der Waals surface area (Å²) >= 11 is 0. The number of amides is 1. The highest BCUT2D eigenvalue weighted by atomic mass is 16.5. The average molecular weight is 516 g/mol. The zero-order valence-corrected chi connectivity index (χ0v) is 22.1. The first-order valence-corrected chi connectivity index (χ1v) is 14.4. The minimum atomic E-state index is -1.01. The molecule has 0 unspecified atom stereocenters. The van der Waals surface area contributed by atoms with Gasteiger partial charge in [0, 0.05) is 11.1 Å². The van der Waals surface area contributed by atoms with Crippen molar-refractivity contribution < 1.29 is 19.4 Å². The summed E-state index contributed by atoms with van der Waals surface area (Å²) in [5, 5.41) is 12.4. The Labute approximate surface area is 223 Å². The molecule has 3 N–H and O–H groups in total. The van der Waals surface area contributed by atoms with E-state index in [0.717, 1.165) is 74.2 Å². The number of benzene rings is 1. The number of carboxylic acids is 1. The number of carboxylic acid groups (broad SMARTS) is 1. The number of nitrogens with zero attached hydrogens (tertiary/aromatic N) is 1. The van der Waals surface area contributed by atoms with Crippen LogP contribution in [0.4, 0.5) is 5.69 Å². The highest BCUT2D eigenvalue weighted by molar-refractivity contribution is 6.04. The fraction of sp³-hybridized carbons (Fsp3) is 0.581. The van der Waals surface area contributed by atoms with Crippen LogP contribution in [0.2, 0.25) is 0 Å². The molecule has 5 saturated carbocycles. The van der Waals surface area contributed by atoms with E-state index in [-0.39, 0.29) is 22.5 Å². The number of rotatable bonds is 7. The van der Waals surface area contributed by atoms with Gasteiger partial charge in [-0.1, -0.05) is 18.2 Å². The van der Waals surface area contributed by atoms with E-state index in [1.165, 1.54) is 25.3 Å². The largest absolute Gasteiger partial charge is 0.478 e. The monoisotopic (exact) mass is 515 g/mol. The molecule has 38 heavy (non-hydrogen) atoms. The third-order valence-electron chi connectivity index (χ3n) is 10.3. The Morgan fingerprint density at radius 3 is 2.39 bits per heavy atom. The Balaban J connectivity index is 1.18. The third kappa shape index (κ3) is 4.10. The molecule has 1 aromatic heterocycles. The molecule has 1 aromatic carbocycles. The van der Waals surface area contributed by atoms with Crippen LogP contribution in [0.25, 0.3) is 0 Å². The van der Waals surface area contributed by atoms with E-state index in [2.05, 4.69) is 22.5 Å². The second kappa shape index (κ2) is 8.80. The Morgan fingerprint density at radius 1 is 1.11 bits per heavy atom. The van der Waals surface area contributed by atoms with Gasteiger partial charge in [0.15, 0.2) is 5.69 Å². The summed E-state index contributed by atoms with van der Waals surface area (Å²) in [4.78, 5) is 33.7. The van der Waals surface area contributed by atoms with Crippen LogP contribution in [0.3, 0.4) is 0 Å². The zero-order valence-electron chi connectivity index (χ0n) is 22.1. The molecule has 6 bridgehead atoms. The number of aryl methyl sites for hydroxylation is 1. The van der Waals surface area contributed by atoms with Crippen LogP contribution < -0.4 is 5.32 Å². The first-order valence-electron chi connectivity index (χ1n) is 14.4. The van der Waals surface area contributed by atoms with Gasteiger partial charge in [-0.2, -0.15) is 0 Å². The predicted octanol–water partition coefficient (Wildman–Crippen LogP) is 6.15. The van der Waals surface area contributed by atoms with Crippen LogP contribution in [0, 0.1) is 30.6 Å². The molecule has 7 aliphatic carbocycles. The number of anilines is 1. The Bertz CT molecular complexity index is 1280. The number of hydrogen-bond donors (Lipinski definition) is 3. The second-order valence-corrected chi connectivity index (χ2v) is 12.9. The molecular formula is C31H37N3O4. The van der Waals surface area contributed by atoms with Crippen molar-refractivity contribution in [2.45, 2.75) is 88.8 Å². The molecule has 7 aliphatic rings. The first kappa shape index (κ1) is 24.1. The lowest BCUT2D eigenvalue weighted by molar-refractivity contribution is -0.169. The van der Waals surface area contributed by atoms with Crippen molar-refractivity contribution in [2.24, 2.45) is 23.7 Å². The van der Waals surface area contributed by atoms with Crippen LogP contribution in [0.5, 0.6) is 0 Å². The van der Waals surface area contributed by atoms with Gasteiger partial charge in [-0.3, -0.25) is 4.79 Å². The van der Waals surface area contributed by atoms with Crippen molar-refractivity contribution in [3.05, 3.63) is 58.7 Å². The fourth-order valence-electron chi connectivity index (χ4n) is 8.64. The van der Waals surface area contributed by atoms with Gasteiger partial charge in [-0.25, -0.2) is 9.78 Å². The maximum absolute atomic E-state index is 13.6. The van der Waals surface area contributed by atoms with Gasteiger partial charge in [0.05, 0.1) is 23.5 Å². The van der Waals surface area contributed by atoms with Gasteiger partial charge in [0.2, 0.25) is 0 Å². The summed E-state index contributed by atoms with van der Waals surface area (Å²) in [6.07, 6.45) is 16.5. The highest BCUT2D eigenvalue weighted by Crippen LogP contribution is 2.57. The van der Waals surface area contributed by atoms with E-state index in [1.807, 2.05) is 0 Å². The van der Waals surface area contributed by atoms with E-state index in [4.69, 9.17) is 9.72 Å². The summed E-state index contributed by atoms with van der Waals surface area (Å²) in [5.41, 5.74) is 2.16. The van der Waals surface area contributed by atoms with E-state index < -0.39 is 5.97 Å². The third-order valence-corrected chi connectivity index (χ3v) is 10.3. The molecule has 2 aromatic rings. The molecule has 0 spiro atoms. The van der Waals surface area contributed by atoms with Crippen LogP contribution in [-0.2, 0) is 16.8 Å². The Hall–Kier alpha value is -2.93. The number of H-pyrrole nitrogens is 1. The topological polar surface area (TPSA) is 104 Å². The number of imidazole rings is 1. The first-order chi connectivity index (χ1) is 18.3. The van der Waals surface area contributed by atoms with Crippen molar-refractivity contribution in [3.63, 3.8) is 0 Å². The average Bonchev–Trinajstić information content (AvgIpc) is 3.34. The van der Waals surface area contributed by atoms with Crippen molar-refractivity contribution in [3.8, 4) is 0 Å². The van der Waals surface area contributed by atoms with E-state index in [0.29, 0.717) is 29.5 Å². The molecule has 7 nitrogen and oxygen atoms in total. The van der Waals surface area contributed by atoms with Crippen LogP contribution in [-0.4, -0.2) is 32.6 Å². The smallest absolute Gasteiger partial charge is 0.336 e. The molecule has 0 radical (unpaired) electrons. The van der Waals surface area contributed by atoms with E-state index in [1.54, 1.807) is 19.1 Å². The summed E-state index contributed by atoms with van der Waals surface area (Å²) in [6.45, 7) is 2.10. The lowest BCUT2D eigenvalue weighted by Crippen LogP contribution is -2.51. The van der Waals surface area contributed by atoms with Gasteiger partial charge in [-0.15, -0.1) is 0 Å². The summed E-state index contributed by atoms with van der Waals surface area (Å²) in [6, 6.07) is 4.97. The van der Waals surface area contributed by atoms with Crippen LogP contribution in [0.15, 0.2) is 30.4 Å². The van der Waals surface area contributed by atoms with Gasteiger partial charge >= 0.3 is 5.97 Å². The van der Waals surface area contributed by atoms with Crippen molar-refractivity contribution in [2.75, 3.05) is 5.32 Å². The van der Waals surface area contributed by atoms with Gasteiger partial charge in [0.1, 0.15) is 5.82 Å². The maximum Gasteiger partial charge on any atom is 0.336 e. The number of carbonyl (C=O) groups excluding carboxylic acids is 1. The van der Waals surface area contributed by atoms with Crippen molar-refractivity contribution in [1.29, 1.82) is 0 Å². The number of ether oxygens (including phenoxy) is 1. The molecule has 5 fully saturated rings. The van der Waals surface area contributed by atoms with E-state index in [9.17, 15) is 14.7 Å². The predicted molar refractivity (Wildman–Crippen MR) is 143 cm³/mol.